The highest BCUT2D eigenvalue weighted by Crippen LogP contribution is 2.39. The number of carbonyl (C=O) groups excluding carboxylic acids is 1. The number of carbonyl (C=O) groups is 1. The number of rotatable bonds is 4. The lowest BCUT2D eigenvalue weighted by atomic mass is 10.1. The van der Waals surface area contributed by atoms with E-state index in [1.165, 1.54) is 24.3 Å². The Kier molecular flexibility index (Phi) is 4.72. The molecule has 2 heterocycles. The number of benzene rings is 2. The normalized spacial score (nSPS) is 13.2. The van der Waals surface area contributed by atoms with Gasteiger partial charge in [0.15, 0.2) is 5.78 Å². The summed E-state index contributed by atoms with van der Waals surface area (Å²) in [5, 5.41) is 8.11. The fourth-order valence-corrected chi connectivity index (χ4v) is 7.01. The quantitative estimate of drug-likeness (QED) is 0.375. The molecule has 0 aliphatic heterocycles. The summed E-state index contributed by atoms with van der Waals surface area (Å²) in [7, 11) is -8.01. The van der Waals surface area contributed by atoms with E-state index in [1.807, 2.05) is 0 Å². The van der Waals surface area contributed by atoms with Crippen LogP contribution in [0.5, 0.6) is 0 Å². The molecular formula is C23H20N4O5S2. The van der Waals surface area contributed by atoms with Gasteiger partial charge in [0.25, 0.3) is 20.0 Å². The summed E-state index contributed by atoms with van der Waals surface area (Å²) >= 11 is 0. The van der Waals surface area contributed by atoms with E-state index in [9.17, 15) is 21.6 Å². The van der Waals surface area contributed by atoms with Crippen LogP contribution in [0.2, 0.25) is 0 Å². The summed E-state index contributed by atoms with van der Waals surface area (Å²) < 4.78 is 54.4. The summed E-state index contributed by atoms with van der Waals surface area (Å²) in [4.78, 5) is 13.1. The van der Waals surface area contributed by atoms with Crippen molar-refractivity contribution >= 4 is 25.8 Å². The zero-order valence-electron chi connectivity index (χ0n) is 18.8. The molecule has 1 aliphatic carbocycles. The Balaban J connectivity index is 1.59. The highest BCUT2D eigenvalue weighted by Gasteiger charge is 2.32. The smallest absolute Gasteiger partial charge is 0.283 e. The molecule has 2 aromatic heterocycles. The molecule has 0 N–H and O–H groups in total. The Bertz CT molecular complexity index is 1620. The van der Waals surface area contributed by atoms with Crippen LogP contribution in [-0.2, 0) is 20.0 Å². The van der Waals surface area contributed by atoms with Gasteiger partial charge in [0, 0.05) is 11.1 Å². The minimum Gasteiger partial charge on any atom is -0.289 e. The minimum absolute atomic E-state index is 0.0749. The van der Waals surface area contributed by atoms with Gasteiger partial charge in [-0.15, -0.1) is 0 Å². The summed E-state index contributed by atoms with van der Waals surface area (Å²) in [6.45, 7) is 6.66. The molecule has 0 atom stereocenters. The third kappa shape index (κ3) is 3.15. The lowest BCUT2D eigenvalue weighted by molar-refractivity contribution is 0.104. The van der Waals surface area contributed by atoms with Crippen LogP contribution in [0.1, 0.15) is 38.7 Å². The first-order chi connectivity index (χ1) is 15.9. The molecule has 0 saturated carbocycles. The topological polar surface area (TPSA) is 121 Å². The monoisotopic (exact) mass is 496 g/mol. The van der Waals surface area contributed by atoms with Crippen molar-refractivity contribution in [3.8, 4) is 11.1 Å². The zero-order chi connectivity index (χ0) is 24.6. The van der Waals surface area contributed by atoms with Crippen LogP contribution >= 0.6 is 0 Å². The van der Waals surface area contributed by atoms with E-state index in [0.717, 1.165) is 8.17 Å². The van der Waals surface area contributed by atoms with Crippen LogP contribution in [0.25, 0.3) is 11.1 Å². The predicted molar refractivity (Wildman–Crippen MR) is 124 cm³/mol. The van der Waals surface area contributed by atoms with Gasteiger partial charge >= 0.3 is 0 Å². The fraction of sp³-hybridized carbons (Fsp3) is 0.174. The van der Waals surface area contributed by atoms with Gasteiger partial charge in [0.1, 0.15) is 0 Å². The maximum absolute atomic E-state index is 13.2. The summed E-state index contributed by atoms with van der Waals surface area (Å²) in [5.74, 6) is -0.444. The number of ketones is 1. The molecule has 5 rings (SSSR count). The Morgan fingerprint density at radius 2 is 0.971 bits per heavy atom. The molecule has 34 heavy (non-hydrogen) atoms. The second-order valence-electron chi connectivity index (χ2n) is 8.29. The molecule has 0 amide bonds. The molecule has 9 nitrogen and oxygen atoms in total. The molecule has 1 aliphatic rings. The van der Waals surface area contributed by atoms with Gasteiger partial charge in [0.2, 0.25) is 0 Å². The van der Waals surface area contributed by atoms with Crippen LogP contribution in [0.3, 0.4) is 0 Å². The average Bonchev–Trinajstić information content (AvgIpc) is 3.40. The number of aryl methyl sites for hydroxylation is 4. The molecule has 0 fully saturated rings. The van der Waals surface area contributed by atoms with E-state index in [0.29, 0.717) is 33.9 Å². The zero-order valence-corrected chi connectivity index (χ0v) is 20.4. The third-order valence-electron chi connectivity index (χ3n) is 5.75. The second-order valence-corrected chi connectivity index (χ2v) is 11.8. The van der Waals surface area contributed by atoms with E-state index >= 15 is 0 Å². The third-order valence-corrected chi connectivity index (χ3v) is 9.10. The van der Waals surface area contributed by atoms with E-state index in [4.69, 9.17) is 0 Å². The van der Waals surface area contributed by atoms with Crippen LogP contribution in [0.15, 0.2) is 58.3 Å². The first-order valence-corrected chi connectivity index (χ1v) is 13.2. The van der Waals surface area contributed by atoms with Crippen LogP contribution in [0.4, 0.5) is 0 Å². The molecule has 0 saturated heterocycles. The Labute approximate surface area is 196 Å². The largest absolute Gasteiger partial charge is 0.289 e. The summed E-state index contributed by atoms with van der Waals surface area (Å²) in [6.07, 6.45) is 0. The van der Waals surface area contributed by atoms with Crippen molar-refractivity contribution in [1.82, 2.24) is 18.4 Å². The van der Waals surface area contributed by atoms with E-state index in [-0.39, 0.29) is 20.9 Å². The maximum atomic E-state index is 13.2. The molecule has 0 radical (unpaired) electrons. The Morgan fingerprint density at radius 1 is 0.588 bits per heavy atom. The van der Waals surface area contributed by atoms with Crippen LogP contribution in [-0.4, -0.2) is 41.0 Å². The molecule has 0 bridgehead atoms. The maximum Gasteiger partial charge on any atom is 0.283 e. The highest BCUT2D eigenvalue weighted by molar-refractivity contribution is 7.90. The summed E-state index contributed by atoms with van der Waals surface area (Å²) in [5.41, 5.74) is 3.49. The van der Waals surface area contributed by atoms with Gasteiger partial charge in [-0.3, -0.25) is 4.79 Å². The average molecular weight is 497 g/mol. The highest BCUT2D eigenvalue weighted by atomic mass is 32.2. The summed E-state index contributed by atoms with van der Waals surface area (Å²) in [6, 6.07) is 11.9. The van der Waals surface area contributed by atoms with Crippen LogP contribution in [0, 0.1) is 27.7 Å². The number of fused-ring (bicyclic) bond motifs is 3. The van der Waals surface area contributed by atoms with E-state index in [2.05, 4.69) is 10.2 Å². The Morgan fingerprint density at radius 3 is 1.29 bits per heavy atom. The first kappa shape index (κ1) is 22.2. The SMILES string of the molecule is Cc1cc(C)n(S(=O)(=O)c2ccc3c(c2)C(=O)c2cc(S(=O)(=O)n4nc(C)cc4C)ccc2-3)n1. The molecular weight excluding hydrogens is 476 g/mol. The van der Waals surface area contributed by atoms with Crippen molar-refractivity contribution in [3.05, 3.63) is 82.4 Å². The van der Waals surface area contributed by atoms with Crippen molar-refractivity contribution in [3.63, 3.8) is 0 Å². The van der Waals surface area contributed by atoms with Gasteiger partial charge in [-0.1, -0.05) is 12.1 Å². The molecule has 174 valence electrons. The first-order valence-electron chi connectivity index (χ1n) is 10.3. The molecule has 0 spiro atoms. The minimum atomic E-state index is -4.01. The van der Waals surface area contributed by atoms with Gasteiger partial charge in [0.05, 0.1) is 32.6 Å². The number of hydrogen-bond acceptors (Lipinski definition) is 7. The van der Waals surface area contributed by atoms with Crippen molar-refractivity contribution < 1.29 is 21.6 Å². The lowest BCUT2D eigenvalue weighted by Crippen LogP contribution is -2.17. The van der Waals surface area contributed by atoms with Gasteiger partial charge in [-0.05, 0) is 75.2 Å². The number of hydrogen-bond donors (Lipinski definition) is 0. The predicted octanol–water partition coefficient (Wildman–Crippen LogP) is 3.00. The van der Waals surface area contributed by atoms with Crippen molar-refractivity contribution in [2.75, 3.05) is 0 Å². The van der Waals surface area contributed by atoms with Crippen molar-refractivity contribution in [1.29, 1.82) is 0 Å². The standard InChI is InChI=1S/C23H20N4O5S2/c1-13-9-15(3)26(24-13)33(29,30)17-5-7-19-20-8-6-18(12-22(20)23(28)21(19)11-17)34(31,32)27-16(4)10-14(2)25-27/h5-12H,1-4H3. The van der Waals surface area contributed by atoms with Gasteiger partial charge < -0.3 is 0 Å². The molecule has 2 aromatic carbocycles. The van der Waals surface area contributed by atoms with Gasteiger partial charge in [-0.25, -0.2) is 0 Å². The lowest BCUT2D eigenvalue weighted by Gasteiger charge is -2.09. The van der Waals surface area contributed by atoms with E-state index in [1.54, 1.807) is 52.0 Å². The second kappa shape index (κ2) is 7.21. The molecule has 0 unspecified atom stereocenters. The van der Waals surface area contributed by atoms with Gasteiger partial charge in [-0.2, -0.15) is 35.2 Å². The molecule has 11 heteroatoms. The van der Waals surface area contributed by atoms with Crippen molar-refractivity contribution in [2.45, 2.75) is 37.5 Å². The fourth-order valence-electron chi connectivity index (χ4n) is 4.26. The molecule has 4 aromatic rings. The van der Waals surface area contributed by atoms with Crippen LogP contribution < -0.4 is 0 Å². The number of aromatic nitrogens is 4. The van der Waals surface area contributed by atoms with Crippen molar-refractivity contribution in [2.24, 2.45) is 0 Å². The van der Waals surface area contributed by atoms with E-state index < -0.39 is 25.8 Å². The Hall–Kier alpha value is -3.57. The number of nitrogens with zero attached hydrogens (tertiary/aromatic N) is 4.